The average Bonchev–Trinajstić information content (AvgIpc) is 3.29. The van der Waals surface area contributed by atoms with Gasteiger partial charge in [0.15, 0.2) is 17.3 Å². The standard InChI is InChI=1S/C20H15Cl2N3O4S/c1-27-14-7-10(8-15(28-2)17(14)29-3)18-23-24-20-25(18)19(26)16(30-20)9-11-12(21)5-4-6-13(11)22/h4-9H,1-3H3. The van der Waals surface area contributed by atoms with E-state index in [2.05, 4.69) is 10.2 Å². The van der Waals surface area contributed by atoms with Crippen molar-refractivity contribution in [2.45, 2.75) is 0 Å². The van der Waals surface area contributed by atoms with Gasteiger partial charge in [-0.05, 0) is 30.3 Å². The number of aromatic nitrogens is 3. The number of rotatable bonds is 5. The smallest absolute Gasteiger partial charge is 0.276 e. The Hall–Kier alpha value is -2.81. The molecule has 0 aliphatic carbocycles. The van der Waals surface area contributed by atoms with Gasteiger partial charge in [0.25, 0.3) is 5.56 Å². The van der Waals surface area contributed by atoms with Gasteiger partial charge in [-0.3, -0.25) is 4.79 Å². The van der Waals surface area contributed by atoms with E-state index in [-0.39, 0.29) is 5.56 Å². The van der Waals surface area contributed by atoms with Crippen molar-refractivity contribution in [3.05, 3.63) is 60.8 Å². The summed E-state index contributed by atoms with van der Waals surface area (Å²) in [4.78, 5) is 13.6. The van der Waals surface area contributed by atoms with Crippen LogP contribution in [0.15, 0.2) is 35.1 Å². The number of ether oxygens (including phenoxy) is 3. The minimum absolute atomic E-state index is 0.278. The summed E-state index contributed by atoms with van der Waals surface area (Å²) in [6.45, 7) is 0. The van der Waals surface area contributed by atoms with Crippen LogP contribution < -0.4 is 24.3 Å². The molecule has 2 aromatic heterocycles. The van der Waals surface area contributed by atoms with Crippen molar-refractivity contribution in [1.29, 1.82) is 0 Å². The zero-order valence-electron chi connectivity index (χ0n) is 16.1. The van der Waals surface area contributed by atoms with E-state index in [0.717, 1.165) is 0 Å². The van der Waals surface area contributed by atoms with Crippen LogP contribution in [0.25, 0.3) is 22.4 Å². The molecule has 2 aromatic carbocycles. The minimum Gasteiger partial charge on any atom is -0.493 e. The number of nitrogens with zero attached hydrogens (tertiary/aromatic N) is 3. The molecule has 10 heteroatoms. The highest BCUT2D eigenvalue weighted by Gasteiger charge is 2.19. The van der Waals surface area contributed by atoms with Gasteiger partial charge < -0.3 is 14.2 Å². The molecular weight excluding hydrogens is 449 g/mol. The maximum Gasteiger partial charge on any atom is 0.276 e. The predicted octanol–water partition coefficient (Wildman–Crippen LogP) is 3.70. The van der Waals surface area contributed by atoms with Crippen LogP contribution in [-0.4, -0.2) is 35.9 Å². The van der Waals surface area contributed by atoms with Crippen LogP contribution in [0.4, 0.5) is 0 Å². The van der Waals surface area contributed by atoms with Gasteiger partial charge in [-0.2, -0.15) is 0 Å². The van der Waals surface area contributed by atoms with E-state index in [1.165, 1.54) is 37.1 Å². The minimum atomic E-state index is -0.278. The molecule has 0 amide bonds. The van der Waals surface area contributed by atoms with Gasteiger partial charge in [0.05, 0.1) is 25.9 Å². The largest absolute Gasteiger partial charge is 0.493 e. The van der Waals surface area contributed by atoms with E-state index in [1.54, 1.807) is 36.4 Å². The Bertz CT molecular complexity index is 1320. The second-order valence-electron chi connectivity index (χ2n) is 6.11. The lowest BCUT2D eigenvalue weighted by Gasteiger charge is -2.13. The molecule has 0 saturated heterocycles. The van der Waals surface area contributed by atoms with Crippen LogP contribution in [0.1, 0.15) is 5.56 Å². The summed E-state index contributed by atoms with van der Waals surface area (Å²) in [7, 11) is 4.56. The molecule has 0 atom stereocenters. The fourth-order valence-corrected chi connectivity index (χ4v) is 4.44. The summed E-state index contributed by atoms with van der Waals surface area (Å²) in [6.07, 6.45) is 1.66. The number of hydrogen-bond donors (Lipinski definition) is 0. The summed E-state index contributed by atoms with van der Waals surface area (Å²) < 4.78 is 18.0. The number of halogens is 2. The van der Waals surface area contributed by atoms with Gasteiger partial charge >= 0.3 is 0 Å². The Kier molecular flexibility index (Phi) is 5.55. The third-order valence-corrected chi connectivity index (χ3v) is 6.06. The third-order valence-electron chi connectivity index (χ3n) is 4.45. The SMILES string of the molecule is COc1cc(-c2nnc3sc(=Cc4c(Cl)cccc4Cl)c(=O)n23)cc(OC)c1OC. The van der Waals surface area contributed by atoms with E-state index in [4.69, 9.17) is 37.4 Å². The highest BCUT2D eigenvalue weighted by Crippen LogP contribution is 2.40. The van der Waals surface area contributed by atoms with Gasteiger partial charge in [0, 0.05) is 21.2 Å². The molecule has 0 radical (unpaired) electrons. The lowest BCUT2D eigenvalue weighted by atomic mass is 10.1. The third kappa shape index (κ3) is 3.36. The molecule has 4 aromatic rings. The van der Waals surface area contributed by atoms with E-state index in [9.17, 15) is 4.79 Å². The summed E-state index contributed by atoms with van der Waals surface area (Å²) in [6, 6.07) is 8.59. The molecule has 30 heavy (non-hydrogen) atoms. The van der Waals surface area contributed by atoms with E-state index >= 15 is 0 Å². The van der Waals surface area contributed by atoms with Crippen molar-refractivity contribution < 1.29 is 14.2 Å². The van der Waals surface area contributed by atoms with Gasteiger partial charge in [-0.1, -0.05) is 40.6 Å². The Morgan fingerprint density at radius 1 is 1.00 bits per heavy atom. The monoisotopic (exact) mass is 463 g/mol. The summed E-state index contributed by atoms with van der Waals surface area (Å²) in [5.41, 5.74) is 0.888. The Morgan fingerprint density at radius 2 is 1.63 bits per heavy atom. The normalized spacial score (nSPS) is 11.8. The Labute approximate surface area is 185 Å². The zero-order chi connectivity index (χ0) is 21.4. The van der Waals surface area contributed by atoms with Gasteiger partial charge in [-0.25, -0.2) is 4.40 Å². The van der Waals surface area contributed by atoms with E-state index in [1.807, 2.05) is 0 Å². The molecule has 4 rings (SSSR count). The average molecular weight is 464 g/mol. The molecule has 0 unspecified atom stereocenters. The van der Waals surface area contributed by atoms with Crippen molar-refractivity contribution in [1.82, 2.24) is 14.6 Å². The Morgan fingerprint density at radius 3 is 2.20 bits per heavy atom. The molecule has 0 N–H and O–H groups in total. The van der Waals surface area contributed by atoms with Crippen LogP contribution in [0.3, 0.4) is 0 Å². The zero-order valence-corrected chi connectivity index (χ0v) is 18.4. The molecule has 2 heterocycles. The first-order valence-corrected chi connectivity index (χ1v) is 10.2. The van der Waals surface area contributed by atoms with Crippen molar-refractivity contribution in [2.75, 3.05) is 21.3 Å². The lowest BCUT2D eigenvalue weighted by molar-refractivity contribution is 0.324. The van der Waals surface area contributed by atoms with E-state index < -0.39 is 0 Å². The fraction of sp³-hybridized carbons (Fsp3) is 0.150. The number of benzene rings is 2. The number of hydrogen-bond acceptors (Lipinski definition) is 7. The van der Waals surface area contributed by atoms with Crippen LogP contribution in [0.2, 0.25) is 10.0 Å². The van der Waals surface area contributed by atoms with Crippen molar-refractivity contribution in [3.8, 4) is 28.6 Å². The van der Waals surface area contributed by atoms with Gasteiger partial charge in [-0.15, -0.1) is 10.2 Å². The van der Waals surface area contributed by atoms with Gasteiger partial charge in [0.1, 0.15) is 0 Å². The van der Waals surface area contributed by atoms with E-state index in [0.29, 0.717) is 53.7 Å². The van der Waals surface area contributed by atoms with Gasteiger partial charge in [0.2, 0.25) is 10.7 Å². The molecule has 7 nitrogen and oxygen atoms in total. The number of fused-ring (bicyclic) bond motifs is 1. The number of methoxy groups -OCH3 is 3. The molecule has 0 bridgehead atoms. The fourth-order valence-electron chi connectivity index (χ4n) is 3.04. The maximum atomic E-state index is 13.1. The number of thiazole rings is 1. The first kappa shape index (κ1) is 20.5. The molecule has 0 aliphatic heterocycles. The maximum absolute atomic E-state index is 13.1. The predicted molar refractivity (Wildman–Crippen MR) is 117 cm³/mol. The van der Waals surface area contributed by atoms with Crippen molar-refractivity contribution in [3.63, 3.8) is 0 Å². The summed E-state index contributed by atoms with van der Waals surface area (Å²) >= 11 is 13.7. The second kappa shape index (κ2) is 8.14. The molecule has 0 fully saturated rings. The highest BCUT2D eigenvalue weighted by atomic mass is 35.5. The highest BCUT2D eigenvalue weighted by molar-refractivity contribution is 7.15. The molecular formula is C20H15Cl2N3O4S. The molecule has 0 saturated carbocycles. The van der Waals surface area contributed by atoms with Crippen LogP contribution >= 0.6 is 34.5 Å². The topological polar surface area (TPSA) is 75.0 Å². The van der Waals surface area contributed by atoms with Crippen LogP contribution in [-0.2, 0) is 0 Å². The van der Waals surface area contributed by atoms with Crippen molar-refractivity contribution in [2.24, 2.45) is 0 Å². The summed E-state index contributed by atoms with van der Waals surface area (Å²) in [5.74, 6) is 1.69. The second-order valence-corrected chi connectivity index (χ2v) is 7.93. The van der Waals surface area contributed by atoms with Crippen LogP contribution in [0.5, 0.6) is 17.2 Å². The molecule has 0 spiro atoms. The lowest BCUT2D eigenvalue weighted by Crippen LogP contribution is -2.23. The quantitative estimate of drug-likeness (QED) is 0.449. The molecule has 0 aliphatic rings. The van der Waals surface area contributed by atoms with Crippen molar-refractivity contribution >= 4 is 45.6 Å². The first-order chi connectivity index (χ1) is 14.5. The molecule has 154 valence electrons. The van der Waals surface area contributed by atoms with Crippen LogP contribution in [0, 0.1) is 0 Å². The Balaban J connectivity index is 1.94. The first-order valence-electron chi connectivity index (χ1n) is 8.62. The summed E-state index contributed by atoms with van der Waals surface area (Å²) in [5, 5.41) is 9.24.